The Kier molecular flexibility index (Phi) is 6.83. The first kappa shape index (κ1) is 23.0. The summed E-state index contributed by atoms with van der Waals surface area (Å²) in [5.74, 6) is 0.619. The van der Waals surface area contributed by atoms with Gasteiger partial charge in [0.25, 0.3) is 5.56 Å². The van der Waals surface area contributed by atoms with Gasteiger partial charge in [0.1, 0.15) is 5.75 Å². The van der Waals surface area contributed by atoms with Crippen molar-refractivity contribution >= 4 is 20.9 Å². The molecule has 0 aliphatic rings. The lowest BCUT2D eigenvalue weighted by Gasteiger charge is -2.24. The van der Waals surface area contributed by atoms with Crippen LogP contribution < -0.4 is 10.3 Å². The smallest absolute Gasteiger partial charge is 0.252 e. The fourth-order valence-corrected chi connectivity index (χ4v) is 5.76. The van der Waals surface area contributed by atoms with Gasteiger partial charge in [-0.1, -0.05) is 17.7 Å². The van der Waals surface area contributed by atoms with Crippen LogP contribution in [0.2, 0.25) is 0 Å². The quantitative estimate of drug-likeness (QED) is 0.556. The predicted octanol–water partition coefficient (Wildman–Crippen LogP) is 3.04. The number of nitrogens with zero attached hydrogens (tertiary/aromatic N) is 1. The maximum Gasteiger partial charge on any atom is 0.252 e. The number of ether oxygens (including phenoxy) is 1. The molecule has 0 aliphatic heterocycles. The van der Waals surface area contributed by atoms with Crippen LogP contribution in [0, 0.1) is 20.8 Å². The first-order valence-electron chi connectivity index (χ1n) is 10.1. The van der Waals surface area contributed by atoms with Gasteiger partial charge in [-0.3, -0.25) is 4.79 Å². The highest BCUT2D eigenvalue weighted by atomic mass is 32.2. The van der Waals surface area contributed by atoms with Crippen molar-refractivity contribution in [1.82, 2.24) is 9.29 Å². The zero-order valence-electron chi connectivity index (χ0n) is 18.2. The number of methoxy groups -OCH3 is 1. The summed E-state index contributed by atoms with van der Waals surface area (Å²) in [5, 5.41) is 10.1. The van der Waals surface area contributed by atoms with Crippen molar-refractivity contribution in [3.63, 3.8) is 0 Å². The van der Waals surface area contributed by atoms with E-state index in [0.29, 0.717) is 28.0 Å². The molecule has 0 saturated carbocycles. The third kappa shape index (κ3) is 4.81. The van der Waals surface area contributed by atoms with Crippen LogP contribution in [0.25, 0.3) is 10.9 Å². The van der Waals surface area contributed by atoms with Crippen LogP contribution in [0.5, 0.6) is 5.75 Å². The summed E-state index contributed by atoms with van der Waals surface area (Å²) in [4.78, 5) is 15.8. The number of fused-ring (bicyclic) bond motifs is 1. The van der Waals surface area contributed by atoms with E-state index in [1.807, 2.05) is 25.1 Å². The monoisotopic (exact) mass is 444 g/mol. The minimum Gasteiger partial charge on any atom is -0.497 e. The standard InChI is InChI=1S/C23H28N2O5S/c1-15-10-16(2)22(17(3)11-15)31(28,29)25(8-5-9-26)14-19-12-18-6-7-20(30-4)13-21(18)24-23(19)27/h6-7,10-13,26H,5,8-9,14H2,1-4H3,(H,24,27). The van der Waals surface area contributed by atoms with Gasteiger partial charge in [-0.15, -0.1) is 0 Å². The number of nitrogens with one attached hydrogen (secondary N) is 1. The van der Waals surface area contributed by atoms with Crippen LogP contribution in [0.1, 0.15) is 28.7 Å². The Hall–Kier alpha value is -2.68. The normalized spacial score (nSPS) is 11.9. The number of aryl methyl sites for hydroxylation is 3. The second-order valence-corrected chi connectivity index (χ2v) is 9.60. The van der Waals surface area contributed by atoms with Gasteiger partial charge < -0.3 is 14.8 Å². The van der Waals surface area contributed by atoms with Crippen LogP contribution in [0.3, 0.4) is 0 Å². The fourth-order valence-electron chi connectivity index (χ4n) is 3.89. The largest absolute Gasteiger partial charge is 0.497 e. The lowest BCUT2D eigenvalue weighted by atomic mass is 10.1. The number of H-pyrrole nitrogens is 1. The molecule has 31 heavy (non-hydrogen) atoms. The third-order valence-electron chi connectivity index (χ3n) is 5.24. The molecule has 166 valence electrons. The van der Waals surface area contributed by atoms with E-state index in [9.17, 15) is 18.3 Å². The number of pyridine rings is 1. The molecule has 0 saturated heterocycles. The highest BCUT2D eigenvalue weighted by Crippen LogP contribution is 2.27. The van der Waals surface area contributed by atoms with Gasteiger partial charge in [0.2, 0.25) is 10.0 Å². The highest BCUT2D eigenvalue weighted by molar-refractivity contribution is 7.89. The molecule has 0 fully saturated rings. The molecule has 7 nitrogen and oxygen atoms in total. The molecular formula is C23H28N2O5S. The Bertz CT molecular complexity index is 1240. The van der Waals surface area contributed by atoms with Crippen molar-refractivity contribution in [2.75, 3.05) is 20.3 Å². The Labute approximate surface area is 182 Å². The Balaban J connectivity index is 2.06. The molecule has 2 aromatic carbocycles. The highest BCUT2D eigenvalue weighted by Gasteiger charge is 2.28. The summed E-state index contributed by atoms with van der Waals surface area (Å²) in [6.07, 6.45) is 0.270. The Morgan fingerprint density at radius 3 is 2.35 bits per heavy atom. The molecule has 0 atom stereocenters. The third-order valence-corrected chi connectivity index (χ3v) is 7.40. The molecule has 0 unspecified atom stereocenters. The average Bonchev–Trinajstić information content (AvgIpc) is 2.69. The molecular weight excluding hydrogens is 416 g/mol. The number of hydrogen-bond donors (Lipinski definition) is 2. The number of aliphatic hydroxyl groups is 1. The van der Waals surface area contributed by atoms with E-state index in [1.54, 1.807) is 39.2 Å². The molecule has 0 bridgehead atoms. The van der Waals surface area contributed by atoms with Crippen molar-refractivity contribution in [3.8, 4) is 5.75 Å². The molecule has 0 aliphatic carbocycles. The number of sulfonamides is 1. The first-order valence-corrected chi connectivity index (χ1v) is 11.5. The van der Waals surface area contributed by atoms with E-state index < -0.39 is 10.0 Å². The van der Waals surface area contributed by atoms with Gasteiger partial charge >= 0.3 is 0 Å². The summed E-state index contributed by atoms with van der Waals surface area (Å²) in [6.45, 7) is 5.33. The van der Waals surface area contributed by atoms with Crippen LogP contribution in [-0.4, -0.2) is 43.1 Å². The summed E-state index contributed by atoms with van der Waals surface area (Å²) >= 11 is 0. The van der Waals surface area contributed by atoms with Gasteiger partial charge in [-0.2, -0.15) is 4.31 Å². The van der Waals surface area contributed by atoms with E-state index in [1.165, 1.54) is 4.31 Å². The Morgan fingerprint density at radius 2 is 1.74 bits per heavy atom. The van der Waals surface area contributed by atoms with Crippen LogP contribution in [-0.2, 0) is 16.6 Å². The lowest BCUT2D eigenvalue weighted by Crippen LogP contribution is -2.35. The van der Waals surface area contributed by atoms with Gasteiger partial charge in [0.15, 0.2) is 0 Å². The van der Waals surface area contributed by atoms with Gasteiger partial charge in [0, 0.05) is 31.3 Å². The maximum atomic E-state index is 13.6. The van der Waals surface area contributed by atoms with E-state index >= 15 is 0 Å². The fraction of sp³-hybridized carbons (Fsp3) is 0.348. The van der Waals surface area contributed by atoms with Crippen molar-refractivity contribution in [2.24, 2.45) is 0 Å². The van der Waals surface area contributed by atoms with Crippen molar-refractivity contribution in [1.29, 1.82) is 0 Å². The topological polar surface area (TPSA) is 99.7 Å². The average molecular weight is 445 g/mol. The van der Waals surface area contributed by atoms with Gasteiger partial charge in [0.05, 0.1) is 17.5 Å². The molecule has 3 aromatic rings. The molecule has 0 radical (unpaired) electrons. The number of hydrogen-bond acceptors (Lipinski definition) is 5. The molecule has 3 rings (SSSR count). The maximum absolute atomic E-state index is 13.6. The number of aromatic amines is 1. The van der Waals surface area contributed by atoms with E-state index in [-0.39, 0.29) is 36.6 Å². The first-order chi connectivity index (χ1) is 14.7. The van der Waals surface area contributed by atoms with Crippen molar-refractivity contribution < 1.29 is 18.3 Å². The summed E-state index contributed by atoms with van der Waals surface area (Å²) in [7, 11) is -2.33. The SMILES string of the molecule is COc1ccc2cc(CN(CCCO)S(=O)(=O)c3c(C)cc(C)cc3C)c(=O)[nH]c2c1. The van der Waals surface area contributed by atoms with Gasteiger partial charge in [-0.05, 0) is 61.9 Å². The van der Waals surface area contributed by atoms with Crippen LogP contribution in [0.4, 0.5) is 0 Å². The summed E-state index contributed by atoms with van der Waals surface area (Å²) < 4.78 is 33.6. The lowest BCUT2D eigenvalue weighted by molar-refractivity contribution is 0.267. The van der Waals surface area contributed by atoms with Crippen molar-refractivity contribution in [3.05, 3.63) is 69.0 Å². The number of benzene rings is 2. The summed E-state index contributed by atoms with van der Waals surface area (Å²) in [6, 6.07) is 10.7. The molecule has 1 heterocycles. The number of aromatic nitrogens is 1. The molecule has 0 spiro atoms. The zero-order chi connectivity index (χ0) is 22.8. The molecule has 1 aromatic heterocycles. The second-order valence-electron chi connectivity index (χ2n) is 7.72. The summed E-state index contributed by atoms with van der Waals surface area (Å²) in [5.41, 5.74) is 2.89. The van der Waals surface area contributed by atoms with Gasteiger partial charge in [-0.25, -0.2) is 8.42 Å². The van der Waals surface area contributed by atoms with Crippen molar-refractivity contribution in [2.45, 2.75) is 38.6 Å². The molecule has 0 amide bonds. The van der Waals surface area contributed by atoms with Crippen LogP contribution >= 0.6 is 0 Å². The predicted molar refractivity (Wildman–Crippen MR) is 121 cm³/mol. The second kappa shape index (κ2) is 9.21. The van der Waals surface area contributed by atoms with Crippen LogP contribution in [0.15, 0.2) is 46.1 Å². The molecule has 8 heteroatoms. The minimum atomic E-state index is -3.88. The zero-order valence-corrected chi connectivity index (χ0v) is 19.0. The van der Waals surface area contributed by atoms with E-state index in [4.69, 9.17) is 4.74 Å². The Morgan fingerprint density at radius 1 is 1.06 bits per heavy atom. The molecule has 2 N–H and O–H groups in total. The number of rotatable bonds is 8. The number of aliphatic hydroxyl groups excluding tert-OH is 1. The van der Waals surface area contributed by atoms with E-state index in [0.717, 1.165) is 10.9 Å². The van der Waals surface area contributed by atoms with E-state index in [2.05, 4.69) is 4.98 Å². The minimum absolute atomic E-state index is 0.0909.